The van der Waals surface area contributed by atoms with Crippen LogP contribution in [-0.4, -0.2) is 80.9 Å². The first-order valence-electron chi connectivity index (χ1n) is 10.4. The summed E-state index contributed by atoms with van der Waals surface area (Å²) in [6.45, 7) is 12.8. The first-order chi connectivity index (χ1) is 13.6. The van der Waals surface area contributed by atoms with Gasteiger partial charge in [-0.2, -0.15) is 0 Å². The molecule has 6 nitrogen and oxygen atoms in total. The molecule has 0 spiro atoms. The Hall–Kier alpha value is -1.50. The number of halogens is 1. The van der Waals surface area contributed by atoms with Crippen LogP contribution in [0.15, 0.2) is 29.3 Å². The van der Waals surface area contributed by atoms with Gasteiger partial charge in [0.05, 0.1) is 19.8 Å². The number of nitrogens with one attached hydrogen (secondary N) is 1. The summed E-state index contributed by atoms with van der Waals surface area (Å²) in [5.74, 6) is 2.52. The highest BCUT2D eigenvalue weighted by molar-refractivity contribution is 6.30. The Labute approximate surface area is 173 Å². The maximum atomic E-state index is 5.95. The molecule has 7 heteroatoms. The minimum atomic E-state index is 0.00146. The first kappa shape index (κ1) is 21.2. The van der Waals surface area contributed by atoms with Gasteiger partial charge in [-0.05, 0) is 50.5 Å². The van der Waals surface area contributed by atoms with E-state index in [-0.39, 0.29) is 6.10 Å². The highest BCUT2D eigenvalue weighted by Crippen LogP contribution is 2.19. The number of guanidine groups is 1. The van der Waals surface area contributed by atoms with Gasteiger partial charge >= 0.3 is 0 Å². The van der Waals surface area contributed by atoms with Crippen molar-refractivity contribution >= 4 is 17.6 Å². The van der Waals surface area contributed by atoms with E-state index in [9.17, 15) is 0 Å². The fourth-order valence-corrected chi connectivity index (χ4v) is 3.87. The lowest BCUT2D eigenvalue weighted by molar-refractivity contribution is 0.0315. The van der Waals surface area contributed by atoms with Crippen LogP contribution in [0, 0.1) is 5.92 Å². The summed E-state index contributed by atoms with van der Waals surface area (Å²) >= 11 is 5.93. The number of hydrogen-bond acceptors (Lipinski definition) is 4. The number of aliphatic imine (C=N–C) groups is 1. The lowest BCUT2D eigenvalue weighted by Crippen LogP contribution is -2.42. The second-order valence-corrected chi connectivity index (χ2v) is 8.03. The zero-order valence-corrected chi connectivity index (χ0v) is 17.8. The summed E-state index contributed by atoms with van der Waals surface area (Å²) in [7, 11) is 0. The Morgan fingerprint density at radius 2 is 2.04 bits per heavy atom. The average Bonchev–Trinajstić information content (AvgIpc) is 3.16. The number of likely N-dealkylation sites (tertiary alicyclic amines) is 1. The van der Waals surface area contributed by atoms with E-state index in [0.717, 1.165) is 64.2 Å². The van der Waals surface area contributed by atoms with E-state index in [1.165, 1.54) is 6.42 Å². The van der Waals surface area contributed by atoms with E-state index in [4.69, 9.17) is 26.1 Å². The largest absolute Gasteiger partial charge is 0.489 e. The van der Waals surface area contributed by atoms with Crippen LogP contribution in [-0.2, 0) is 4.74 Å². The summed E-state index contributed by atoms with van der Waals surface area (Å²) < 4.78 is 11.4. The predicted octanol–water partition coefficient (Wildman–Crippen LogP) is 2.73. The summed E-state index contributed by atoms with van der Waals surface area (Å²) in [5.41, 5.74) is 0. The van der Waals surface area contributed by atoms with Crippen molar-refractivity contribution in [3.05, 3.63) is 29.3 Å². The monoisotopic (exact) mass is 408 g/mol. The molecular weight excluding hydrogens is 376 g/mol. The molecule has 1 aromatic rings. The number of ether oxygens (including phenoxy) is 2. The fraction of sp³-hybridized carbons (Fsp3) is 0.667. The smallest absolute Gasteiger partial charge is 0.194 e. The Morgan fingerprint density at radius 1 is 1.29 bits per heavy atom. The zero-order chi connectivity index (χ0) is 19.8. The summed E-state index contributed by atoms with van der Waals surface area (Å²) in [4.78, 5) is 9.76. The second-order valence-electron chi connectivity index (χ2n) is 7.59. The molecule has 1 aromatic carbocycles. The van der Waals surface area contributed by atoms with Crippen molar-refractivity contribution in [2.45, 2.75) is 26.4 Å². The van der Waals surface area contributed by atoms with Gasteiger partial charge in [0.25, 0.3) is 0 Å². The van der Waals surface area contributed by atoms with Gasteiger partial charge in [0, 0.05) is 44.3 Å². The molecule has 0 saturated carbocycles. The molecule has 2 heterocycles. The fourth-order valence-electron chi connectivity index (χ4n) is 3.75. The number of benzene rings is 1. The van der Waals surface area contributed by atoms with Crippen molar-refractivity contribution in [3.63, 3.8) is 0 Å². The standard InChI is InChI=1S/C21H33ClN4O2/c1-3-23-21(24-14-17(2)28-20-6-4-19(22)5-7-20)26-9-8-18(16-26)15-25-10-12-27-13-11-25/h4-7,17-18H,3,8-16H2,1-2H3,(H,23,24). The van der Waals surface area contributed by atoms with Crippen molar-refractivity contribution < 1.29 is 9.47 Å². The third kappa shape index (κ3) is 6.54. The lowest BCUT2D eigenvalue weighted by atomic mass is 10.1. The van der Waals surface area contributed by atoms with Gasteiger partial charge in [0.15, 0.2) is 5.96 Å². The molecule has 1 N–H and O–H groups in total. The van der Waals surface area contributed by atoms with Crippen molar-refractivity contribution in [2.75, 3.05) is 59.0 Å². The van der Waals surface area contributed by atoms with Crippen LogP contribution >= 0.6 is 11.6 Å². The van der Waals surface area contributed by atoms with Gasteiger partial charge in [-0.15, -0.1) is 0 Å². The Kier molecular flexibility index (Phi) is 8.25. The SMILES string of the molecule is CCNC(=NCC(C)Oc1ccc(Cl)cc1)N1CCC(CN2CCOCC2)C1. The van der Waals surface area contributed by atoms with Crippen LogP contribution in [0.5, 0.6) is 5.75 Å². The van der Waals surface area contributed by atoms with Crippen LogP contribution in [0.25, 0.3) is 0 Å². The van der Waals surface area contributed by atoms with Crippen LogP contribution in [0.2, 0.25) is 5.02 Å². The molecule has 0 amide bonds. The van der Waals surface area contributed by atoms with E-state index >= 15 is 0 Å². The molecule has 0 radical (unpaired) electrons. The van der Waals surface area contributed by atoms with Crippen molar-refractivity contribution in [1.29, 1.82) is 0 Å². The van der Waals surface area contributed by atoms with Gasteiger partial charge in [0.1, 0.15) is 11.9 Å². The first-order valence-corrected chi connectivity index (χ1v) is 10.8. The number of morpholine rings is 1. The van der Waals surface area contributed by atoms with E-state index in [1.807, 2.05) is 31.2 Å². The van der Waals surface area contributed by atoms with E-state index < -0.39 is 0 Å². The Morgan fingerprint density at radius 3 is 2.75 bits per heavy atom. The molecule has 2 saturated heterocycles. The molecule has 0 aliphatic carbocycles. The van der Waals surface area contributed by atoms with Crippen molar-refractivity contribution in [2.24, 2.45) is 10.9 Å². The number of hydrogen-bond donors (Lipinski definition) is 1. The quantitative estimate of drug-likeness (QED) is 0.555. The van der Waals surface area contributed by atoms with Crippen molar-refractivity contribution in [1.82, 2.24) is 15.1 Å². The van der Waals surface area contributed by atoms with Crippen LogP contribution in [0.4, 0.5) is 0 Å². The summed E-state index contributed by atoms with van der Waals surface area (Å²) in [6, 6.07) is 7.47. The van der Waals surface area contributed by atoms with Crippen molar-refractivity contribution in [3.8, 4) is 5.75 Å². The van der Waals surface area contributed by atoms with Crippen LogP contribution in [0.1, 0.15) is 20.3 Å². The lowest BCUT2D eigenvalue weighted by Gasteiger charge is -2.29. The van der Waals surface area contributed by atoms with E-state index in [1.54, 1.807) is 0 Å². The molecule has 2 aliphatic heterocycles. The predicted molar refractivity (Wildman–Crippen MR) is 114 cm³/mol. The minimum Gasteiger partial charge on any atom is -0.489 e. The molecule has 2 atom stereocenters. The molecule has 3 rings (SSSR count). The van der Waals surface area contributed by atoms with Crippen LogP contribution in [0.3, 0.4) is 0 Å². The number of rotatable bonds is 7. The van der Waals surface area contributed by atoms with Gasteiger partial charge in [-0.25, -0.2) is 4.99 Å². The Bertz CT molecular complexity index is 619. The zero-order valence-electron chi connectivity index (χ0n) is 17.1. The normalized spacial score (nSPS) is 22.3. The maximum absolute atomic E-state index is 5.95. The van der Waals surface area contributed by atoms with Crippen LogP contribution < -0.4 is 10.1 Å². The molecule has 156 valence electrons. The van der Waals surface area contributed by atoms with Gasteiger partial charge in [-0.1, -0.05) is 11.6 Å². The maximum Gasteiger partial charge on any atom is 0.194 e. The molecule has 2 unspecified atom stereocenters. The topological polar surface area (TPSA) is 49.3 Å². The third-order valence-corrected chi connectivity index (χ3v) is 5.44. The molecular formula is C21H33ClN4O2. The number of nitrogens with zero attached hydrogens (tertiary/aromatic N) is 3. The molecule has 0 aromatic heterocycles. The van der Waals surface area contributed by atoms with E-state index in [2.05, 4.69) is 22.0 Å². The average molecular weight is 409 g/mol. The highest BCUT2D eigenvalue weighted by Gasteiger charge is 2.27. The highest BCUT2D eigenvalue weighted by atomic mass is 35.5. The third-order valence-electron chi connectivity index (χ3n) is 5.19. The second kappa shape index (κ2) is 10.9. The molecule has 2 fully saturated rings. The van der Waals surface area contributed by atoms with Gasteiger partial charge in [-0.3, -0.25) is 4.90 Å². The molecule has 2 aliphatic rings. The summed E-state index contributed by atoms with van der Waals surface area (Å²) in [6.07, 6.45) is 1.22. The van der Waals surface area contributed by atoms with Gasteiger partial charge < -0.3 is 19.7 Å². The van der Waals surface area contributed by atoms with E-state index in [0.29, 0.717) is 17.5 Å². The molecule has 28 heavy (non-hydrogen) atoms. The Balaban J connectivity index is 1.49. The minimum absolute atomic E-state index is 0.00146. The van der Waals surface area contributed by atoms with Gasteiger partial charge in [0.2, 0.25) is 0 Å². The molecule has 0 bridgehead atoms. The summed E-state index contributed by atoms with van der Waals surface area (Å²) in [5, 5.41) is 4.16.